The maximum atomic E-state index is 11.5. The normalized spacial score (nSPS) is 12.0. The molecule has 0 heterocycles. The van der Waals surface area contributed by atoms with Gasteiger partial charge in [-0.05, 0) is 31.7 Å². The fraction of sp³-hybridized carbons (Fsp3) is 0.429. The first-order valence-electron chi connectivity index (χ1n) is 6.44. The number of phenols is 1. The van der Waals surface area contributed by atoms with Crippen LogP contribution in [0.2, 0.25) is 0 Å². The largest absolute Gasteiger partial charge is 0.508 e. The molecule has 1 atom stereocenters. The zero-order valence-corrected chi connectivity index (χ0v) is 12.0. The van der Waals surface area contributed by atoms with Crippen LogP contribution in [0.3, 0.4) is 0 Å². The lowest BCUT2D eigenvalue weighted by molar-refractivity contribution is -0.120. The average Bonchev–Trinajstić information content (AvgIpc) is 2.43. The fourth-order valence-electron chi connectivity index (χ4n) is 1.76. The summed E-state index contributed by atoms with van der Waals surface area (Å²) in [5, 5.41) is 14.0. The first-order valence-corrected chi connectivity index (χ1v) is 6.44. The molecule has 0 radical (unpaired) electrons. The number of nitrogens with zero attached hydrogens (tertiary/aromatic N) is 1. The van der Waals surface area contributed by atoms with Crippen molar-refractivity contribution in [3.8, 4) is 5.75 Å². The van der Waals surface area contributed by atoms with E-state index in [1.54, 1.807) is 18.2 Å². The van der Waals surface area contributed by atoms with E-state index in [4.69, 9.17) is 0 Å². The summed E-state index contributed by atoms with van der Waals surface area (Å²) in [6, 6.07) is 6.59. The Balaban J connectivity index is 2.48. The van der Waals surface area contributed by atoms with Crippen LogP contribution in [0.4, 0.5) is 4.79 Å². The highest BCUT2D eigenvalue weighted by molar-refractivity contribution is 5.94. The van der Waals surface area contributed by atoms with Gasteiger partial charge in [-0.1, -0.05) is 12.1 Å². The molecule has 0 aliphatic carbocycles. The van der Waals surface area contributed by atoms with Crippen molar-refractivity contribution in [1.29, 1.82) is 0 Å². The molecule has 6 heteroatoms. The Kier molecular flexibility index (Phi) is 5.99. The summed E-state index contributed by atoms with van der Waals surface area (Å²) in [7, 11) is 3.35. The summed E-state index contributed by atoms with van der Waals surface area (Å²) in [4.78, 5) is 24.5. The monoisotopic (exact) mass is 279 g/mol. The molecule has 3 amide bonds. The average molecular weight is 279 g/mol. The molecule has 1 aromatic carbocycles. The summed E-state index contributed by atoms with van der Waals surface area (Å²) in [5.74, 6) is -0.0978. The van der Waals surface area contributed by atoms with Gasteiger partial charge in [-0.3, -0.25) is 15.0 Å². The minimum atomic E-state index is -0.501. The number of carbonyl (C=O) groups excluding carboxylic acids is 2. The molecule has 1 aromatic rings. The molecule has 1 rings (SSSR count). The van der Waals surface area contributed by atoms with E-state index in [-0.39, 0.29) is 24.1 Å². The van der Waals surface area contributed by atoms with E-state index < -0.39 is 6.03 Å². The molecule has 0 fully saturated rings. The highest BCUT2D eigenvalue weighted by Crippen LogP contribution is 2.22. The van der Waals surface area contributed by atoms with E-state index >= 15 is 0 Å². The molecular weight excluding hydrogens is 258 g/mol. The first-order chi connectivity index (χ1) is 9.43. The lowest BCUT2D eigenvalue weighted by Crippen LogP contribution is -2.39. The lowest BCUT2D eigenvalue weighted by Gasteiger charge is -2.24. The van der Waals surface area contributed by atoms with Crippen molar-refractivity contribution in [2.75, 3.05) is 20.6 Å². The molecule has 0 bridgehead atoms. The van der Waals surface area contributed by atoms with Crippen LogP contribution in [0.25, 0.3) is 0 Å². The molecular formula is C14H21N3O3. The zero-order chi connectivity index (χ0) is 15.1. The first kappa shape index (κ1) is 16.0. The van der Waals surface area contributed by atoms with Crippen LogP contribution in [-0.2, 0) is 4.79 Å². The van der Waals surface area contributed by atoms with Crippen molar-refractivity contribution in [3.05, 3.63) is 29.8 Å². The summed E-state index contributed by atoms with van der Waals surface area (Å²) in [6.07, 6.45) is 0.229. The van der Waals surface area contributed by atoms with Crippen LogP contribution >= 0.6 is 0 Å². The third-order valence-electron chi connectivity index (χ3n) is 3.19. The highest BCUT2D eigenvalue weighted by atomic mass is 16.3. The molecule has 0 saturated carbocycles. The number of rotatable bonds is 5. The summed E-state index contributed by atoms with van der Waals surface area (Å²) in [6.45, 7) is 2.51. The van der Waals surface area contributed by atoms with Gasteiger partial charge in [-0.25, -0.2) is 4.79 Å². The number of hydrogen-bond donors (Lipinski definition) is 3. The second kappa shape index (κ2) is 7.49. The number of amides is 3. The number of nitrogens with one attached hydrogen (secondary N) is 2. The molecule has 0 aliphatic heterocycles. The van der Waals surface area contributed by atoms with Crippen LogP contribution in [-0.4, -0.2) is 42.6 Å². The van der Waals surface area contributed by atoms with Gasteiger partial charge in [0.1, 0.15) is 5.75 Å². The van der Waals surface area contributed by atoms with Crippen LogP contribution in [0.5, 0.6) is 5.75 Å². The summed E-state index contributed by atoms with van der Waals surface area (Å²) >= 11 is 0. The van der Waals surface area contributed by atoms with Crippen LogP contribution in [0.15, 0.2) is 24.3 Å². The molecule has 3 N–H and O–H groups in total. The Bertz CT molecular complexity index is 476. The number of urea groups is 1. The van der Waals surface area contributed by atoms with Crippen molar-refractivity contribution >= 4 is 11.9 Å². The van der Waals surface area contributed by atoms with E-state index in [1.807, 2.05) is 24.9 Å². The molecule has 110 valence electrons. The Hall–Kier alpha value is -2.08. The third kappa shape index (κ3) is 4.89. The quantitative estimate of drug-likeness (QED) is 0.757. The van der Waals surface area contributed by atoms with Crippen molar-refractivity contribution in [1.82, 2.24) is 15.5 Å². The van der Waals surface area contributed by atoms with Gasteiger partial charge in [0, 0.05) is 26.1 Å². The number of benzene rings is 1. The molecule has 0 aliphatic rings. The number of imide groups is 1. The van der Waals surface area contributed by atoms with E-state index in [0.717, 1.165) is 5.56 Å². The molecule has 1 unspecified atom stereocenters. The maximum absolute atomic E-state index is 11.5. The van der Waals surface area contributed by atoms with E-state index in [1.165, 1.54) is 7.05 Å². The Morgan fingerprint density at radius 2 is 2.10 bits per heavy atom. The summed E-state index contributed by atoms with van der Waals surface area (Å²) in [5.41, 5.74) is 0.971. The van der Waals surface area contributed by atoms with Gasteiger partial charge in [0.05, 0.1) is 0 Å². The Labute approximate surface area is 118 Å². The van der Waals surface area contributed by atoms with E-state index in [2.05, 4.69) is 10.6 Å². The Morgan fingerprint density at radius 3 is 2.70 bits per heavy atom. The van der Waals surface area contributed by atoms with Gasteiger partial charge in [0.2, 0.25) is 5.91 Å². The standard InChI is InChI=1S/C14H21N3O3/c1-10(11-5-4-6-12(18)9-11)17(3)8-7-13(19)16-14(20)15-2/h4-6,9-10,18H,7-8H2,1-3H3,(H2,15,16,19,20). The highest BCUT2D eigenvalue weighted by Gasteiger charge is 2.14. The Morgan fingerprint density at radius 1 is 1.40 bits per heavy atom. The van der Waals surface area contributed by atoms with Crippen LogP contribution in [0.1, 0.15) is 24.9 Å². The number of phenolic OH excluding ortho intramolecular Hbond substituents is 1. The van der Waals surface area contributed by atoms with E-state index in [0.29, 0.717) is 6.54 Å². The molecule has 20 heavy (non-hydrogen) atoms. The van der Waals surface area contributed by atoms with Gasteiger partial charge < -0.3 is 10.4 Å². The number of aromatic hydroxyl groups is 1. The smallest absolute Gasteiger partial charge is 0.321 e. The van der Waals surface area contributed by atoms with Crippen LogP contribution in [0, 0.1) is 0 Å². The van der Waals surface area contributed by atoms with Crippen LogP contribution < -0.4 is 10.6 Å². The van der Waals surface area contributed by atoms with Crippen molar-refractivity contribution < 1.29 is 14.7 Å². The van der Waals surface area contributed by atoms with Crippen molar-refractivity contribution in [2.24, 2.45) is 0 Å². The number of carbonyl (C=O) groups is 2. The second-order valence-electron chi connectivity index (χ2n) is 4.63. The van der Waals surface area contributed by atoms with Gasteiger partial charge in [-0.2, -0.15) is 0 Å². The molecule has 0 spiro atoms. The van der Waals surface area contributed by atoms with E-state index in [9.17, 15) is 14.7 Å². The van der Waals surface area contributed by atoms with Crippen molar-refractivity contribution in [3.63, 3.8) is 0 Å². The lowest BCUT2D eigenvalue weighted by atomic mass is 10.1. The molecule has 6 nitrogen and oxygen atoms in total. The number of hydrogen-bond acceptors (Lipinski definition) is 4. The van der Waals surface area contributed by atoms with Gasteiger partial charge in [-0.15, -0.1) is 0 Å². The topological polar surface area (TPSA) is 81.7 Å². The van der Waals surface area contributed by atoms with Gasteiger partial charge in [0.25, 0.3) is 0 Å². The maximum Gasteiger partial charge on any atom is 0.321 e. The predicted octanol–water partition coefficient (Wildman–Crippen LogP) is 1.23. The molecule has 0 saturated heterocycles. The minimum absolute atomic E-state index is 0.0647. The third-order valence-corrected chi connectivity index (χ3v) is 3.19. The zero-order valence-electron chi connectivity index (χ0n) is 12.0. The van der Waals surface area contributed by atoms with Crippen molar-refractivity contribution in [2.45, 2.75) is 19.4 Å². The SMILES string of the molecule is CNC(=O)NC(=O)CCN(C)C(C)c1cccc(O)c1. The molecule has 0 aromatic heterocycles. The summed E-state index contributed by atoms with van der Waals surface area (Å²) < 4.78 is 0. The second-order valence-corrected chi connectivity index (χ2v) is 4.63. The minimum Gasteiger partial charge on any atom is -0.508 e. The predicted molar refractivity (Wildman–Crippen MR) is 76.4 cm³/mol. The van der Waals surface area contributed by atoms with Gasteiger partial charge in [0.15, 0.2) is 0 Å². The fourth-order valence-corrected chi connectivity index (χ4v) is 1.76. The van der Waals surface area contributed by atoms with Gasteiger partial charge >= 0.3 is 6.03 Å².